The summed E-state index contributed by atoms with van der Waals surface area (Å²) in [5, 5.41) is 6.97. The Hall–Kier alpha value is -3.73. The molecule has 2 N–H and O–H groups in total. The van der Waals surface area contributed by atoms with E-state index in [9.17, 15) is 9.59 Å². The minimum Gasteiger partial charge on any atom is -0.343 e. The van der Waals surface area contributed by atoms with Crippen molar-refractivity contribution in [2.45, 2.75) is 25.8 Å². The van der Waals surface area contributed by atoms with Gasteiger partial charge in [-0.3, -0.25) is 9.59 Å². The van der Waals surface area contributed by atoms with E-state index < -0.39 is 12.0 Å². The number of carbonyl (C=O) groups excluding carboxylic acids is 2. The molecule has 3 rings (SSSR count). The third kappa shape index (κ3) is 6.12. The second-order valence-electron chi connectivity index (χ2n) is 7.63. The van der Waals surface area contributed by atoms with Crippen molar-refractivity contribution in [2.75, 3.05) is 0 Å². The lowest BCUT2D eigenvalue weighted by Gasteiger charge is -2.24. The van der Waals surface area contributed by atoms with Crippen LogP contribution in [-0.4, -0.2) is 24.1 Å². The molecule has 0 radical (unpaired) electrons. The van der Waals surface area contributed by atoms with Gasteiger partial charge in [0.1, 0.15) is 6.04 Å². The topological polar surface area (TPSA) is 70.6 Å². The fourth-order valence-electron chi connectivity index (χ4n) is 3.34. The number of hydrazone groups is 1. The Morgan fingerprint density at radius 1 is 0.742 bits per heavy atom. The van der Waals surface area contributed by atoms with Crippen LogP contribution in [0.15, 0.2) is 96.1 Å². The molecule has 0 saturated carbocycles. The summed E-state index contributed by atoms with van der Waals surface area (Å²) in [4.78, 5) is 26.1. The highest BCUT2D eigenvalue weighted by molar-refractivity contribution is 5.93. The molecule has 3 aromatic rings. The van der Waals surface area contributed by atoms with Gasteiger partial charge in [-0.05, 0) is 22.6 Å². The molecule has 31 heavy (non-hydrogen) atoms. The van der Waals surface area contributed by atoms with Crippen LogP contribution in [0.3, 0.4) is 0 Å². The molecule has 0 heterocycles. The van der Waals surface area contributed by atoms with Gasteiger partial charge in [0.25, 0.3) is 5.91 Å². The first-order valence-electron chi connectivity index (χ1n) is 10.3. The minimum absolute atomic E-state index is 0.108. The molecule has 0 aliphatic rings. The number of nitrogens with one attached hydrogen (secondary N) is 2. The third-order valence-electron chi connectivity index (χ3n) is 4.96. The van der Waals surface area contributed by atoms with E-state index in [4.69, 9.17) is 0 Å². The van der Waals surface area contributed by atoms with Gasteiger partial charge in [0.2, 0.25) is 5.91 Å². The highest BCUT2D eigenvalue weighted by Gasteiger charge is 2.29. The summed E-state index contributed by atoms with van der Waals surface area (Å²) in [5.74, 6) is -1.19. The van der Waals surface area contributed by atoms with E-state index in [-0.39, 0.29) is 17.7 Å². The molecule has 1 atom stereocenters. The van der Waals surface area contributed by atoms with E-state index >= 15 is 0 Å². The van der Waals surface area contributed by atoms with Crippen molar-refractivity contribution < 1.29 is 9.59 Å². The number of carbonyl (C=O) groups is 2. The van der Waals surface area contributed by atoms with Crippen molar-refractivity contribution in [2.24, 2.45) is 11.0 Å². The zero-order valence-corrected chi connectivity index (χ0v) is 17.7. The van der Waals surface area contributed by atoms with Crippen LogP contribution in [0, 0.1) is 5.92 Å². The Kier molecular flexibility index (Phi) is 7.71. The third-order valence-corrected chi connectivity index (χ3v) is 4.96. The first kappa shape index (κ1) is 22.0. The molecule has 5 nitrogen and oxygen atoms in total. The van der Waals surface area contributed by atoms with Gasteiger partial charge in [0.15, 0.2) is 0 Å². The van der Waals surface area contributed by atoms with E-state index in [0.717, 1.165) is 16.7 Å². The molecular formula is C26H27N3O2. The van der Waals surface area contributed by atoms with Crippen LogP contribution in [0.4, 0.5) is 0 Å². The van der Waals surface area contributed by atoms with Gasteiger partial charge in [0.05, 0.1) is 12.1 Å². The van der Waals surface area contributed by atoms with Crippen LogP contribution in [0.1, 0.15) is 36.5 Å². The normalized spacial score (nSPS) is 12.1. The highest BCUT2D eigenvalue weighted by Crippen LogP contribution is 2.25. The lowest BCUT2D eigenvalue weighted by molar-refractivity contribution is -0.130. The van der Waals surface area contributed by atoms with Gasteiger partial charge < -0.3 is 5.32 Å². The predicted molar refractivity (Wildman–Crippen MR) is 124 cm³/mol. The summed E-state index contributed by atoms with van der Waals surface area (Å²) < 4.78 is 0. The van der Waals surface area contributed by atoms with Crippen molar-refractivity contribution in [3.63, 3.8) is 0 Å². The number of benzene rings is 3. The molecule has 0 aromatic heterocycles. The molecule has 158 valence electrons. The van der Waals surface area contributed by atoms with Crippen LogP contribution in [0.25, 0.3) is 0 Å². The average molecular weight is 414 g/mol. The standard InChI is InChI=1S/C26H27N3O2/c1-19(2)24(26(31)29-27-18-20-12-6-3-7-13-20)28-25(30)23(21-14-8-4-9-15-21)22-16-10-5-11-17-22/h3-19,23-24H,1-2H3,(H,28,30)(H,29,31)/b27-18-/t24-/m1/s1. The van der Waals surface area contributed by atoms with E-state index in [0.29, 0.717) is 0 Å². The quantitative estimate of drug-likeness (QED) is 0.431. The largest absolute Gasteiger partial charge is 0.343 e. The molecule has 5 heteroatoms. The van der Waals surface area contributed by atoms with Crippen LogP contribution in [0.5, 0.6) is 0 Å². The summed E-state index contributed by atoms with van der Waals surface area (Å²) in [6, 6.07) is 27.9. The summed E-state index contributed by atoms with van der Waals surface area (Å²) >= 11 is 0. The highest BCUT2D eigenvalue weighted by atomic mass is 16.2. The SMILES string of the molecule is CC(C)[C@@H](NC(=O)C(c1ccccc1)c1ccccc1)C(=O)N/N=C\c1ccccc1. The molecule has 0 bridgehead atoms. The van der Waals surface area contributed by atoms with Crippen LogP contribution in [-0.2, 0) is 9.59 Å². The fourth-order valence-corrected chi connectivity index (χ4v) is 3.34. The zero-order chi connectivity index (χ0) is 22.1. The lowest BCUT2D eigenvalue weighted by Crippen LogP contribution is -2.50. The molecule has 0 spiro atoms. The fraction of sp³-hybridized carbons (Fsp3) is 0.192. The van der Waals surface area contributed by atoms with Crippen molar-refractivity contribution in [3.05, 3.63) is 108 Å². The van der Waals surface area contributed by atoms with Gasteiger partial charge >= 0.3 is 0 Å². The summed E-state index contributed by atoms with van der Waals surface area (Å²) in [6.45, 7) is 3.79. The molecule has 0 aliphatic heterocycles. The second-order valence-corrected chi connectivity index (χ2v) is 7.63. The second kappa shape index (κ2) is 10.9. The van der Waals surface area contributed by atoms with E-state index in [1.165, 1.54) is 0 Å². The van der Waals surface area contributed by atoms with Crippen LogP contribution in [0.2, 0.25) is 0 Å². The van der Waals surface area contributed by atoms with Crippen LogP contribution < -0.4 is 10.7 Å². The van der Waals surface area contributed by atoms with Gasteiger partial charge in [0, 0.05) is 0 Å². The monoisotopic (exact) mass is 413 g/mol. The first-order chi connectivity index (χ1) is 15.1. The summed E-state index contributed by atoms with van der Waals surface area (Å²) in [7, 11) is 0. The van der Waals surface area contributed by atoms with Gasteiger partial charge in [-0.25, -0.2) is 5.43 Å². The number of hydrogen-bond donors (Lipinski definition) is 2. The molecular weight excluding hydrogens is 386 g/mol. The minimum atomic E-state index is -0.713. The van der Waals surface area contributed by atoms with Crippen LogP contribution >= 0.6 is 0 Å². The van der Waals surface area contributed by atoms with E-state index in [2.05, 4.69) is 15.8 Å². The molecule has 0 aliphatic carbocycles. The number of hydrogen-bond acceptors (Lipinski definition) is 3. The molecule has 2 amide bonds. The zero-order valence-electron chi connectivity index (χ0n) is 17.7. The maximum atomic E-state index is 13.3. The average Bonchev–Trinajstić information content (AvgIpc) is 2.79. The Morgan fingerprint density at radius 2 is 1.23 bits per heavy atom. The number of nitrogens with zero attached hydrogens (tertiary/aromatic N) is 1. The van der Waals surface area contributed by atoms with Crippen molar-refractivity contribution in [3.8, 4) is 0 Å². The van der Waals surface area contributed by atoms with Crippen molar-refractivity contribution in [1.82, 2.24) is 10.7 Å². The maximum absolute atomic E-state index is 13.3. The summed E-state index contributed by atoms with van der Waals surface area (Å²) in [5.41, 5.74) is 5.17. The van der Waals surface area contributed by atoms with Gasteiger partial charge in [-0.1, -0.05) is 105 Å². The van der Waals surface area contributed by atoms with Gasteiger partial charge in [-0.15, -0.1) is 0 Å². The molecule has 3 aromatic carbocycles. The number of rotatable bonds is 8. The van der Waals surface area contributed by atoms with Gasteiger partial charge in [-0.2, -0.15) is 5.10 Å². The van der Waals surface area contributed by atoms with Crippen molar-refractivity contribution in [1.29, 1.82) is 0 Å². The Balaban J connectivity index is 1.76. The van der Waals surface area contributed by atoms with E-state index in [1.54, 1.807) is 6.21 Å². The van der Waals surface area contributed by atoms with E-state index in [1.807, 2.05) is 105 Å². The smallest absolute Gasteiger partial charge is 0.262 e. The molecule has 0 fully saturated rings. The predicted octanol–water partition coefficient (Wildman–Crippen LogP) is 4.11. The first-order valence-corrected chi connectivity index (χ1v) is 10.3. The Labute approximate surface area is 183 Å². The molecule has 0 unspecified atom stereocenters. The molecule has 0 saturated heterocycles. The summed E-state index contributed by atoms with van der Waals surface area (Å²) in [6.07, 6.45) is 1.58. The number of amides is 2. The maximum Gasteiger partial charge on any atom is 0.262 e. The van der Waals surface area contributed by atoms with Crippen molar-refractivity contribution >= 4 is 18.0 Å². The Morgan fingerprint density at radius 3 is 1.71 bits per heavy atom. The lowest BCUT2D eigenvalue weighted by atomic mass is 9.89. The Bertz CT molecular complexity index is 963.